The van der Waals surface area contributed by atoms with E-state index in [2.05, 4.69) is 4.98 Å². The Labute approximate surface area is 136 Å². The van der Waals surface area contributed by atoms with E-state index in [0.717, 1.165) is 24.8 Å². The molecule has 1 unspecified atom stereocenters. The first kappa shape index (κ1) is 17.4. The number of hydrogen-bond donors (Lipinski definition) is 2. The molecule has 1 fully saturated rings. The number of carbonyl (C=O) groups is 2. The lowest BCUT2D eigenvalue weighted by atomic mass is 9.94. The van der Waals surface area contributed by atoms with Crippen LogP contribution < -0.4 is 0 Å². The van der Waals surface area contributed by atoms with E-state index in [-0.39, 0.29) is 11.8 Å². The van der Waals surface area contributed by atoms with Crippen molar-refractivity contribution in [3.8, 4) is 0 Å². The summed E-state index contributed by atoms with van der Waals surface area (Å²) in [5.74, 6) is -2.19. The summed E-state index contributed by atoms with van der Waals surface area (Å²) in [5, 5.41) is 18.9. The van der Waals surface area contributed by atoms with E-state index in [1.807, 2.05) is 19.1 Å². The first-order chi connectivity index (χ1) is 11.0. The highest BCUT2D eigenvalue weighted by atomic mass is 16.4. The van der Waals surface area contributed by atoms with Gasteiger partial charge in [-0.2, -0.15) is 0 Å². The Morgan fingerprint density at radius 2 is 2.09 bits per heavy atom. The van der Waals surface area contributed by atoms with Crippen LogP contribution in [0.2, 0.25) is 0 Å². The third kappa shape index (κ3) is 4.28. The van der Waals surface area contributed by atoms with Crippen LogP contribution in [0.25, 0.3) is 0 Å². The summed E-state index contributed by atoms with van der Waals surface area (Å²) < 4.78 is 0. The van der Waals surface area contributed by atoms with Crippen LogP contribution in [0.1, 0.15) is 44.1 Å². The van der Waals surface area contributed by atoms with Crippen molar-refractivity contribution in [2.45, 2.75) is 44.6 Å². The average Bonchev–Trinajstić information content (AvgIpc) is 3.05. The number of aliphatic hydroxyl groups is 1. The van der Waals surface area contributed by atoms with Crippen LogP contribution >= 0.6 is 0 Å². The molecule has 1 aliphatic heterocycles. The average molecular weight is 320 g/mol. The summed E-state index contributed by atoms with van der Waals surface area (Å²) >= 11 is 0. The third-order valence-corrected chi connectivity index (χ3v) is 4.50. The standard InChI is InChI=1S/C17H24N2O4/c1-2-3-4-14(15(20)17(22)23)16(21)19-10-7-13(11-19)12-5-8-18-9-6-12/h5-6,8-9,13-15,20H,2-4,7,10-11H2,1H3,(H,22,23)/t13?,14-,15+/m1/s1. The molecule has 0 saturated carbocycles. The van der Waals surface area contributed by atoms with Crippen LogP contribution in [0.5, 0.6) is 0 Å². The minimum absolute atomic E-state index is 0.245. The van der Waals surface area contributed by atoms with Gasteiger partial charge < -0.3 is 15.1 Å². The zero-order valence-corrected chi connectivity index (χ0v) is 13.4. The Morgan fingerprint density at radius 1 is 1.39 bits per heavy atom. The lowest BCUT2D eigenvalue weighted by Gasteiger charge is -2.25. The minimum Gasteiger partial charge on any atom is -0.479 e. The van der Waals surface area contributed by atoms with Crippen molar-refractivity contribution in [1.29, 1.82) is 0 Å². The van der Waals surface area contributed by atoms with Gasteiger partial charge in [0.05, 0.1) is 5.92 Å². The van der Waals surface area contributed by atoms with Crippen molar-refractivity contribution in [2.24, 2.45) is 5.92 Å². The molecule has 1 amide bonds. The highest BCUT2D eigenvalue weighted by Crippen LogP contribution is 2.29. The molecule has 0 bridgehead atoms. The van der Waals surface area contributed by atoms with E-state index in [1.54, 1.807) is 17.3 Å². The van der Waals surface area contributed by atoms with Gasteiger partial charge in [-0.3, -0.25) is 9.78 Å². The lowest BCUT2D eigenvalue weighted by molar-refractivity contribution is -0.156. The Hall–Kier alpha value is -1.95. The Balaban J connectivity index is 2.04. The molecule has 1 aliphatic rings. The molecule has 1 saturated heterocycles. The zero-order valence-electron chi connectivity index (χ0n) is 13.4. The fourth-order valence-electron chi connectivity index (χ4n) is 3.12. The van der Waals surface area contributed by atoms with E-state index in [4.69, 9.17) is 5.11 Å². The van der Waals surface area contributed by atoms with Gasteiger partial charge in [-0.25, -0.2) is 4.79 Å². The summed E-state index contributed by atoms with van der Waals surface area (Å²) in [6.45, 7) is 3.14. The van der Waals surface area contributed by atoms with E-state index < -0.39 is 18.0 Å². The largest absolute Gasteiger partial charge is 0.479 e. The Morgan fingerprint density at radius 3 is 2.70 bits per heavy atom. The fraction of sp³-hybridized carbons (Fsp3) is 0.588. The molecule has 0 radical (unpaired) electrons. The molecule has 0 aliphatic carbocycles. The van der Waals surface area contributed by atoms with E-state index in [0.29, 0.717) is 19.5 Å². The summed E-state index contributed by atoms with van der Waals surface area (Å²) in [5.41, 5.74) is 1.14. The molecular formula is C17H24N2O4. The van der Waals surface area contributed by atoms with Gasteiger partial charge in [0.25, 0.3) is 0 Å². The molecule has 1 aromatic heterocycles. The number of carbonyl (C=O) groups excluding carboxylic acids is 1. The van der Waals surface area contributed by atoms with Crippen molar-refractivity contribution in [1.82, 2.24) is 9.88 Å². The third-order valence-electron chi connectivity index (χ3n) is 4.50. The van der Waals surface area contributed by atoms with Gasteiger partial charge in [-0.05, 0) is 30.5 Å². The maximum absolute atomic E-state index is 12.7. The first-order valence-electron chi connectivity index (χ1n) is 8.14. The van der Waals surface area contributed by atoms with Gasteiger partial charge in [0.2, 0.25) is 5.91 Å². The van der Waals surface area contributed by atoms with Crippen molar-refractivity contribution in [3.63, 3.8) is 0 Å². The number of carboxylic acids is 1. The number of likely N-dealkylation sites (tertiary alicyclic amines) is 1. The molecule has 1 aromatic rings. The molecular weight excluding hydrogens is 296 g/mol. The molecule has 0 spiro atoms. The summed E-state index contributed by atoms with van der Waals surface area (Å²) in [7, 11) is 0. The molecule has 2 N–H and O–H groups in total. The number of hydrogen-bond acceptors (Lipinski definition) is 4. The van der Waals surface area contributed by atoms with E-state index >= 15 is 0 Å². The van der Waals surface area contributed by atoms with Gasteiger partial charge in [-0.15, -0.1) is 0 Å². The second-order valence-electron chi connectivity index (χ2n) is 6.08. The number of rotatable bonds is 7. The molecule has 2 rings (SSSR count). The van der Waals surface area contributed by atoms with Gasteiger partial charge in [-0.1, -0.05) is 19.8 Å². The van der Waals surface area contributed by atoms with Crippen LogP contribution in [-0.2, 0) is 9.59 Å². The van der Waals surface area contributed by atoms with Crippen molar-refractivity contribution < 1.29 is 19.8 Å². The summed E-state index contributed by atoms with van der Waals surface area (Å²) in [4.78, 5) is 29.4. The molecule has 2 heterocycles. The molecule has 0 aromatic carbocycles. The van der Waals surface area contributed by atoms with Crippen molar-refractivity contribution in [3.05, 3.63) is 30.1 Å². The number of amides is 1. The van der Waals surface area contributed by atoms with E-state index in [1.165, 1.54) is 0 Å². The van der Waals surface area contributed by atoms with Crippen molar-refractivity contribution >= 4 is 11.9 Å². The highest BCUT2D eigenvalue weighted by Gasteiger charge is 2.37. The number of aliphatic hydroxyl groups excluding tert-OH is 1. The second kappa shape index (κ2) is 8.06. The highest BCUT2D eigenvalue weighted by molar-refractivity contribution is 5.86. The number of aromatic nitrogens is 1. The predicted octanol–water partition coefficient (Wildman–Crippen LogP) is 1.65. The summed E-state index contributed by atoms with van der Waals surface area (Å²) in [6.07, 6.45) is 4.67. The number of carboxylic acid groups (broad SMARTS) is 1. The normalized spacial score (nSPS) is 20.3. The van der Waals surface area contributed by atoms with Crippen LogP contribution in [0.4, 0.5) is 0 Å². The molecule has 6 nitrogen and oxygen atoms in total. The monoisotopic (exact) mass is 320 g/mol. The zero-order chi connectivity index (χ0) is 16.8. The van der Waals surface area contributed by atoms with E-state index in [9.17, 15) is 14.7 Å². The molecule has 6 heteroatoms. The predicted molar refractivity (Wildman–Crippen MR) is 84.8 cm³/mol. The topological polar surface area (TPSA) is 90.7 Å². The van der Waals surface area contributed by atoms with Gasteiger partial charge in [0.15, 0.2) is 6.10 Å². The van der Waals surface area contributed by atoms with Crippen LogP contribution in [0, 0.1) is 5.92 Å². The molecule has 23 heavy (non-hydrogen) atoms. The lowest BCUT2D eigenvalue weighted by Crippen LogP contribution is -2.43. The number of pyridine rings is 1. The van der Waals surface area contributed by atoms with Crippen molar-refractivity contribution in [2.75, 3.05) is 13.1 Å². The van der Waals surface area contributed by atoms with Crippen LogP contribution in [0.15, 0.2) is 24.5 Å². The SMILES string of the molecule is CCCC[C@@H](C(=O)N1CCC(c2ccncc2)C1)[C@H](O)C(=O)O. The number of aliphatic carboxylic acids is 1. The summed E-state index contributed by atoms with van der Waals surface area (Å²) in [6, 6.07) is 3.89. The maximum atomic E-state index is 12.7. The fourth-order valence-corrected chi connectivity index (χ4v) is 3.12. The van der Waals surface area contributed by atoms with Gasteiger partial charge in [0.1, 0.15) is 0 Å². The van der Waals surface area contributed by atoms with Crippen LogP contribution in [0.3, 0.4) is 0 Å². The van der Waals surface area contributed by atoms with Crippen LogP contribution in [-0.4, -0.2) is 51.2 Å². The minimum atomic E-state index is -1.63. The Kier molecular flexibility index (Phi) is 6.10. The first-order valence-corrected chi connectivity index (χ1v) is 8.14. The molecule has 3 atom stereocenters. The number of unbranched alkanes of at least 4 members (excludes halogenated alkanes) is 1. The smallest absolute Gasteiger partial charge is 0.333 e. The van der Waals surface area contributed by atoms with Gasteiger partial charge >= 0.3 is 5.97 Å². The quantitative estimate of drug-likeness (QED) is 0.797. The Bertz CT molecular complexity index is 535. The maximum Gasteiger partial charge on any atom is 0.333 e. The second-order valence-corrected chi connectivity index (χ2v) is 6.08. The van der Waals surface area contributed by atoms with Gasteiger partial charge in [0, 0.05) is 31.4 Å². The number of nitrogens with zero attached hydrogens (tertiary/aromatic N) is 2. The molecule has 126 valence electrons.